The lowest BCUT2D eigenvalue weighted by molar-refractivity contribution is -0.137. The van der Waals surface area contributed by atoms with Gasteiger partial charge >= 0.3 is 0 Å². The summed E-state index contributed by atoms with van der Waals surface area (Å²) >= 11 is 0. The molecular formula is C16H26N4O. The van der Waals surface area contributed by atoms with Gasteiger partial charge in [-0.3, -0.25) is 9.69 Å². The van der Waals surface area contributed by atoms with Crippen molar-refractivity contribution < 1.29 is 4.79 Å². The van der Waals surface area contributed by atoms with Crippen LogP contribution in [0.3, 0.4) is 0 Å². The number of carbonyl (C=O) groups is 1. The number of aryl methyl sites for hydroxylation is 1. The Balaban J connectivity index is 1.85. The minimum atomic E-state index is 0.0142. The third-order valence-corrected chi connectivity index (χ3v) is 5.26. The Morgan fingerprint density at radius 1 is 1.24 bits per heavy atom. The van der Waals surface area contributed by atoms with Crippen molar-refractivity contribution in [2.75, 3.05) is 26.7 Å². The molecule has 1 aromatic heterocycles. The van der Waals surface area contributed by atoms with Gasteiger partial charge in [-0.1, -0.05) is 13.8 Å². The van der Waals surface area contributed by atoms with Crippen LogP contribution in [0.25, 0.3) is 0 Å². The fourth-order valence-corrected chi connectivity index (χ4v) is 3.82. The molecular weight excluding hydrogens is 264 g/mol. The molecule has 0 radical (unpaired) electrons. The number of likely N-dealkylation sites (tertiary alicyclic amines) is 1. The Morgan fingerprint density at radius 3 is 2.52 bits per heavy atom. The highest BCUT2D eigenvalue weighted by molar-refractivity contribution is 5.78. The van der Waals surface area contributed by atoms with Crippen LogP contribution in [0.5, 0.6) is 0 Å². The molecule has 2 aliphatic heterocycles. The van der Waals surface area contributed by atoms with Crippen molar-refractivity contribution in [3.8, 4) is 0 Å². The summed E-state index contributed by atoms with van der Waals surface area (Å²) in [4.78, 5) is 21.4. The SMILES string of the molecule is Cc1cnc2n1CCN(C)C21CCN(C(=O)C(C)C)CC1. The Hall–Kier alpha value is -1.36. The van der Waals surface area contributed by atoms with Gasteiger partial charge in [-0.15, -0.1) is 0 Å². The first-order valence-corrected chi connectivity index (χ1v) is 7.98. The van der Waals surface area contributed by atoms with Crippen molar-refractivity contribution >= 4 is 5.91 Å². The molecule has 0 aromatic carbocycles. The third-order valence-electron chi connectivity index (χ3n) is 5.26. The maximum Gasteiger partial charge on any atom is 0.225 e. The molecule has 3 rings (SSSR count). The van der Waals surface area contributed by atoms with E-state index in [1.165, 1.54) is 11.5 Å². The molecule has 0 aliphatic carbocycles. The number of hydrogen-bond donors (Lipinski definition) is 0. The molecule has 0 N–H and O–H groups in total. The van der Waals surface area contributed by atoms with E-state index < -0.39 is 0 Å². The fraction of sp³-hybridized carbons (Fsp3) is 0.750. The molecule has 21 heavy (non-hydrogen) atoms. The molecule has 1 saturated heterocycles. The number of nitrogens with zero attached hydrogens (tertiary/aromatic N) is 4. The van der Waals surface area contributed by atoms with E-state index in [1.807, 2.05) is 24.9 Å². The van der Waals surface area contributed by atoms with Crippen molar-refractivity contribution in [2.45, 2.75) is 45.7 Å². The van der Waals surface area contributed by atoms with Crippen molar-refractivity contribution in [2.24, 2.45) is 5.92 Å². The smallest absolute Gasteiger partial charge is 0.225 e. The zero-order valence-corrected chi connectivity index (χ0v) is 13.6. The molecule has 1 fully saturated rings. The van der Waals surface area contributed by atoms with Crippen LogP contribution >= 0.6 is 0 Å². The van der Waals surface area contributed by atoms with Gasteiger partial charge < -0.3 is 9.47 Å². The number of hydrogen-bond acceptors (Lipinski definition) is 3. The number of aromatic nitrogens is 2. The summed E-state index contributed by atoms with van der Waals surface area (Å²) in [6, 6.07) is 0. The lowest BCUT2D eigenvalue weighted by atomic mass is 9.83. The summed E-state index contributed by atoms with van der Waals surface area (Å²) in [6.45, 7) is 9.86. The van der Waals surface area contributed by atoms with Crippen molar-refractivity contribution in [1.82, 2.24) is 19.4 Å². The molecule has 2 aliphatic rings. The van der Waals surface area contributed by atoms with E-state index in [0.717, 1.165) is 39.0 Å². The average Bonchev–Trinajstić information content (AvgIpc) is 2.85. The van der Waals surface area contributed by atoms with Crippen molar-refractivity contribution in [3.05, 3.63) is 17.7 Å². The molecule has 116 valence electrons. The normalized spacial score (nSPS) is 21.9. The highest BCUT2D eigenvalue weighted by Gasteiger charge is 2.46. The van der Waals surface area contributed by atoms with Gasteiger partial charge in [-0.2, -0.15) is 0 Å². The minimum absolute atomic E-state index is 0.0142. The van der Waals surface area contributed by atoms with E-state index in [9.17, 15) is 4.79 Å². The van der Waals surface area contributed by atoms with Crippen LogP contribution in [-0.2, 0) is 16.9 Å². The number of likely N-dealkylation sites (N-methyl/N-ethyl adjacent to an activating group) is 1. The quantitative estimate of drug-likeness (QED) is 0.789. The van der Waals surface area contributed by atoms with Gasteiger partial charge in [0.25, 0.3) is 0 Å². The Kier molecular flexibility index (Phi) is 3.56. The fourth-order valence-electron chi connectivity index (χ4n) is 3.82. The first-order valence-electron chi connectivity index (χ1n) is 7.98. The van der Waals surface area contributed by atoms with Crippen LogP contribution in [0.4, 0.5) is 0 Å². The van der Waals surface area contributed by atoms with Gasteiger partial charge in [0.2, 0.25) is 5.91 Å². The Morgan fingerprint density at radius 2 is 1.90 bits per heavy atom. The molecule has 3 heterocycles. The van der Waals surface area contributed by atoms with Gasteiger partial charge in [-0.25, -0.2) is 4.98 Å². The summed E-state index contributed by atoms with van der Waals surface area (Å²) in [5.74, 6) is 1.57. The zero-order valence-electron chi connectivity index (χ0n) is 13.6. The first kappa shape index (κ1) is 14.6. The highest BCUT2D eigenvalue weighted by Crippen LogP contribution is 2.40. The minimum Gasteiger partial charge on any atom is -0.342 e. The summed E-state index contributed by atoms with van der Waals surface area (Å²) in [7, 11) is 2.20. The third kappa shape index (κ3) is 2.18. The number of amides is 1. The maximum absolute atomic E-state index is 12.2. The zero-order chi connectivity index (χ0) is 15.2. The summed E-state index contributed by atoms with van der Waals surface area (Å²) < 4.78 is 2.36. The lowest BCUT2D eigenvalue weighted by Crippen LogP contribution is -2.57. The average molecular weight is 290 g/mol. The van der Waals surface area contributed by atoms with E-state index in [2.05, 4.69) is 23.4 Å². The molecule has 1 aromatic rings. The topological polar surface area (TPSA) is 41.4 Å². The van der Waals surface area contributed by atoms with Crippen molar-refractivity contribution in [1.29, 1.82) is 0 Å². The van der Waals surface area contributed by atoms with E-state index in [-0.39, 0.29) is 17.4 Å². The van der Waals surface area contributed by atoms with Crippen LogP contribution < -0.4 is 0 Å². The standard InChI is InChI=1S/C16H26N4O/c1-12(2)14(21)19-7-5-16(6-8-19)15-17-11-13(3)20(15)10-9-18(16)4/h11-12H,5-10H2,1-4H3. The number of fused-ring (bicyclic) bond motifs is 2. The van der Waals surface area contributed by atoms with Crippen LogP contribution in [0.1, 0.15) is 38.2 Å². The summed E-state index contributed by atoms with van der Waals surface area (Å²) in [5.41, 5.74) is 1.26. The molecule has 5 heteroatoms. The van der Waals surface area contributed by atoms with E-state index in [1.54, 1.807) is 0 Å². The lowest BCUT2D eigenvalue weighted by Gasteiger charge is -2.49. The first-order chi connectivity index (χ1) is 9.95. The number of rotatable bonds is 1. The molecule has 0 atom stereocenters. The second kappa shape index (κ2) is 5.13. The largest absolute Gasteiger partial charge is 0.342 e. The van der Waals surface area contributed by atoms with Crippen LogP contribution in [0.15, 0.2) is 6.20 Å². The second-order valence-corrected chi connectivity index (χ2v) is 6.81. The van der Waals surface area contributed by atoms with Crippen molar-refractivity contribution in [3.63, 3.8) is 0 Å². The van der Waals surface area contributed by atoms with E-state index in [0.29, 0.717) is 0 Å². The van der Waals surface area contributed by atoms with Crippen LogP contribution in [-0.4, -0.2) is 51.9 Å². The van der Waals surface area contributed by atoms with Gasteiger partial charge in [0.1, 0.15) is 5.82 Å². The Labute approximate surface area is 126 Å². The highest BCUT2D eigenvalue weighted by atomic mass is 16.2. The predicted octanol–water partition coefficient (Wildman–Crippen LogP) is 1.61. The second-order valence-electron chi connectivity index (χ2n) is 6.81. The van der Waals surface area contributed by atoms with Gasteiger partial charge in [0, 0.05) is 44.0 Å². The molecule has 1 amide bonds. The summed E-state index contributed by atoms with van der Waals surface area (Å²) in [6.07, 6.45) is 3.96. The molecule has 1 spiro atoms. The summed E-state index contributed by atoms with van der Waals surface area (Å²) in [5, 5.41) is 0. The van der Waals surface area contributed by atoms with E-state index >= 15 is 0 Å². The Bertz CT molecular complexity index is 540. The van der Waals surface area contributed by atoms with Gasteiger partial charge in [0.05, 0.1) is 5.54 Å². The maximum atomic E-state index is 12.2. The molecule has 5 nitrogen and oxygen atoms in total. The number of imidazole rings is 1. The monoisotopic (exact) mass is 290 g/mol. The molecule has 0 saturated carbocycles. The number of carbonyl (C=O) groups excluding carboxylic acids is 1. The predicted molar refractivity (Wildman–Crippen MR) is 81.9 cm³/mol. The van der Waals surface area contributed by atoms with Crippen LogP contribution in [0, 0.1) is 12.8 Å². The van der Waals surface area contributed by atoms with Gasteiger partial charge in [-0.05, 0) is 26.8 Å². The molecule has 0 unspecified atom stereocenters. The molecule has 0 bridgehead atoms. The number of piperidine rings is 1. The van der Waals surface area contributed by atoms with Crippen LogP contribution in [0.2, 0.25) is 0 Å². The van der Waals surface area contributed by atoms with E-state index in [4.69, 9.17) is 4.98 Å². The van der Waals surface area contributed by atoms with Gasteiger partial charge in [0.15, 0.2) is 0 Å².